The van der Waals surface area contributed by atoms with E-state index in [0.29, 0.717) is 25.0 Å². The second-order valence-electron chi connectivity index (χ2n) is 7.10. The summed E-state index contributed by atoms with van der Waals surface area (Å²) in [5, 5.41) is 3.90. The van der Waals surface area contributed by atoms with Gasteiger partial charge < -0.3 is 14.0 Å². The zero-order chi connectivity index (χ0) is 18.4. The zero-order valence-corrected chi connectivity index (χ0v) is 16.0. The van der Waals surface area contributed by atoms with Crippen LogP contribution >= 0.6 is 0 Å². The molecule has 0 aliphatic carbocycles. The molecule has 1 aliphatic heterocycles. The van der Waals surface area contributed by atoms with Gasteiger partial charge in [-0.25, -0.2) is 0 Å². The van der Waals surface area contributed by atoms with Gasteiger partial charge in [-0.15, -0.1) is 0 Å². The lowest BCUT2D eigenvalue weighted by Crippen LogP contribution is -2.37. The lowest BCUT2D eigenvalue weighted by Gasteiger charge is -2.32. The molecule has 0 amide bonds. The Kier molecular flexibility index (Phi) is 6.63. The quantitative estimate of drug-likeness (QED) is 0.720. The summed E-state index contributed by atoms with van der Waals surface area (Å²) in [5.41, 5.74) is 1.26. The Labute approximate surface area is 155 Å². The highest BCUT2D eigenvalue weighted by atomic mass is 16.5. The third kappa shape index (κ3) is 5.54. The molecule has 6 heteroatoms. The summed E-state index contributed by atoms with van der Waals surface area (Å²) in [6.45, 7) is 9.60. The predicted molar refractivity (Wildman–Crippen MR) is 99.2 cm³/mol. The summed E-state index contributed by atoms with van der Waals surface area (Å²) in [4.78, 5) is 6.68. The molecule has 0 saturated carbocycles. The van der Waals surface area contributed by atoms with Crippen molar-refractivity contribution in [3.05, 3.63) is 41.5 Å². The molecule has 2 heterocycles. The Morgan fingerprint density at radius 1 is 1.23 bits per heavy atom. The van der Waals surface area contributed by atoms with Crippen LogP contribution in [0.3, 0.4) is 0 Å². The average molecular weight is 359 g/mol. The number of benzene rings is 1. The van der Waals surface area contributed by atoms with Gasteiger partial charge in [0.1, 0.15) is 5.75 Å². The molecule has 0 bridgehead atoms. The van der Waals surface area contributed by atoms with Crippen LogP contribution in [-0.2, 0) is 17.7 Å². The van der Waals surface area contributed by atoms with Crippen LogP contribution in [0.15, 0.2) is 28.8 Å². The molecule has 0 unspecified atom stereocenters. The number of hydrogen-bond donors (Lipinski definition) is 0. The highest BCUT2D eigenvalue weighted by Gasteiger charge is 2.21. The third-order valence-electron chi connectivity index (χ3n) is 4.51. The summed E-state index contributed by atoms with van der Waals surface area (Å²) in [5.74, 6) is 2.33. The summed E-state index contributed by atoms with van der Waals surface area (Å²) < 4.78 is 16.9. The molecule has 6 nitrogen and oxygen atoms in total. The molecule has 142 valence electrons. The smallest absolute Gasteiger partial charge is 0.223 e. The minimum atomic E-state index is 0.193. The van der Waals surface area contributed by atoms with Crippen molar-refractivity contribution in [1.29, 1.82) is 0 Å². The molecule has 2 aromatic rings. The van der Waals surface area contributed by atoms with Crippen LogP contribution in [0.4, 0.5) is 0 Å². The van der Waals surface area contributed by atoms with E-state index >= 15 is 0 Å². The molecule has 0 N–H and O–H groups in total. The molecule has 1 aromatic carbocycles. The minimum Gasteiger partial charge on any atom is -0.491 e. The number of hydrogen-bond acceptors (Lipinski definition) is 6. The molecule has 0 spiro atoms. The Bertz CT molecular complexity index is 678. The van der Waals surface area contributed by atoms with Crippen molar-refractivity contribution < 1.29 is 14.0 Å². The van der Waals surface area contributed by atoms with E-state index < -0.39 is 0 Å². The number of aromatic nitrogens is 2. The summed E-state index contributed by atoms with van der Waals surface area (Å²) in [7, 11) is 0. The molecule has 1 fully saturated rings. The van der Waals surface area contributed by atoms with Gasteiger partial charge in [0, 0.05) is 38.5 Å². The van der Waals surface area contributed by atoms with Gasteiger partial charge in [-0.1, -0.05) is 23.4 Å². The van der Waals surface area contributed by atoms with Gasteiger partial charge in [-0.05, 0) is 32.8 Å². The number of para-hydroxylation sites is 1. The Morgan fingerprint density at radius 3 is 2.69 bits per heavy atom. The Balaban J connectivity index is 1.41. The van der Waals surface area contributed by atoms with E-state index in [1.807, 2.05) is 6.07 Å². The molecular formula is C20H29N3O3. The van der Waals surface area contributed by atoms with Crippen LogP contribution in [0, 0.1) is 6.92 Å². The summed E-state index contributed by atoms with van der Waals surface area (Å²) in [6, 6.07) is 8.34. The molecule has 3 rings (SSSR count). The topological polar surface area (TPSA) is 60.6 Å². The van der Waals surface area contributed by atoms with Crippen LogP contribution in [0.2, 0.25) is 0 Å². The van der Waals surface area contributed by atoms with Gasteiger partial charge in [-0.3, -0.25) is 4.90 Å². The lowest BCUT2D eigenvalue weighted by atomic mass is 10.1. The Morgan fingerprint density at radius 2 is 2.00 bits per heavy atom. The van der Waals surface area contributed by atoms with Crippen LogP contribution < -0.4 is 4.74 Å². The zero-order valence-electron chi connectivity index (χ0n) is 16.0. The normalized spacial score (nSPS) is 16.3. The monoisotopic (exact) mass is 359 g/mol. The molecule has 26 heavy (non-hydrogen) atoms. The van der Waals surface area contributed by atoms with E-state index in [4.69, 9.17) is 14.0 Å². The van der Waals surface area contributed by atoms with E-state index in [1.165, 1.54) is 5.56 Å². The van der Waals surface area contributed by atoms with E-state index in [0.717, 1.165) is 44.0 Å². The van der Waals surface area contributed by atoms with E-state index in [-0.39, 0.29) is 6.10 Å². The van der Waals surface area contributed by atoms with Crippen molar-refractivity contribution in [2.75, 3.05) is 19.7 Å². The maximum Gasteiger partial charge on any atom is 0.223 e. The predicted octanol–water partition coefficient (Wildman–Crippen LogP) is 3.39. The second-order valence-corrected chi connectivity index (χ2v) is 7.10. The van der Waals surface area contributed by atoms with Gasteiger partial charge in [0.25, 0.3) is 0 Å². The van der Waals surface area contributed by atoms with Crippen molar-refractivity contribution >= 4 is 0 Å². The first-order chi connectivity index (χ1) is 12.6. The number of ether oxygens (including phenoxy) is 2. The van der Waals surface area contributed by atoms with Gasteiger partial charge in [0.05, 0.1) is 18.8 Å². The fourth-order valence-electron chi connectivity index (χ4n) is 3.24. The SMILES string of the molecule is Cc1nc(CCOC2CCN(Cc3ccccc3OC(C)C)CC2)no1. The number of piperidine rings is 1. The molecule has 1 saturated heterocycles. The van der Waals surface area contributed by atoms with Gasteiger partial charge in [-0.2, -0.15) is 4.98 Å². The lowest BCUT2D eigenvalue weighted by molar-refractivity contribution is 0.00659. The first-order valence-electron chi connectivity index (χ1n) is 9.48. The third-order valence-corrected chi connectivity index (χ3v) is 4.51. The number of likely N-dealkylation sites (tertiary alicyclic amines) is 1. The van der Waals surface area contributed by atoms with Gasteiger partial charge >= 0.3 is 0 Å². The second kappa shape index (κ2) is 9.14. The molecule has 0 atom stereocenters. The fourth-order valence-corrected chi connectivity index (χ4v) is 3.24. The van der Waals surface area contributed by atoms with E-state index in [1.54, 1.807) is 6.92 Å². The van der Waals surface area contributed by atoms with Crippen molar-refractivity contribution in [1.82, 2.24) is 15.0 Å². The molecule has 1 aromatic heterocycles. The maximum absolute atomic E-state index is 6.00. The molecule has 0 radical (unpaired) electrons. The number of rotatable bonds is 8. The number of nitrogens with zero attached hydrogens (tertiary/aromatic N) is 3. The highest BCUT2D eigenvalue weighted by molar-refractivity contribution is 5.33. The van der Waals surface area contributed by atoms with Crippen LogP contribution in [0.5, 0.6) is 5.75 Å². The minimum absolute atomic E-state index is 0.193. The fraction of sp³-hybridized carbons (Fsp3) is 0.600. The van der Waals surface area contributed by atoms with Crippen LogP contribution in [-0.4, -0.2) is 46.9 Å². The van der Waals surface area contributed by atoms with Gasteiger partial charge in [0.15, 0.2) is 5.82 Å². The van der Waals surface area contributed by atoms with Gasteiger partial charge in [0.2, 0.25) is 5.89 Å². The van der Waals surface area contributed by atoms with Crippen LogP contribution in [0.1, 0.15) is 44.0 Å². The summed E-state index contributed by atoms with van der Waals surface area (Å²) >= 11 is 0. The van der Waals surface area contributed by atoms with Crippen LogP contribution in [0.25, 0.3) is 0 Å². The molecular weight excluding hydrogens is 330 g/mol. The number of aryl methyl sites for hydroxylation is 1. The largest absolute Gasteiger partial charge is 0.491 e. The van der Waals surface area contributed by atoms with Crippen molar-refractivity contribution in [2.45, 2.75) is 58.8 Å². The highest BCUT2D eigenvalue weighted by Crippen LogP contribution is 2.23. The average Bonchev–Trinajstić information content (AvgIpc) is 3.03. The summed E-state index contributed by atoms with van der Waals surface area (Å²) in [6.07, 6.45) is 3.33. The maximum atomic E-state index is 6.00. The Hall–Kier alpha value is -1.92. The first-order valence-corrected chi connectivity index (χ1v) is 9.48. The van der Waals surface area contributed by atoms with E-state index in [9.17, 15) is 0 Å². The van der Waals surface area contributed by atoms with Crippen molar-refractivity contribution in [3.8, 4) is 5.75 Å². The molecule has 1 aliphatic rings. The standard InChI is InChI=1S/C20H29N3O3/c1-15(2)25-19-7-5-4-6-17(19)14-23-11-8-18(9-12-23)24-13-10-20-21-16(3)26-22-20/h4-7,15,18H,8-14H2,1-3H3. The van der Waals surface area contributed by atoms with Crippen molar-refractivity contribution in [2.24, 2.45) is 0 Å². The first kappa shape index (κ1) is 18.9. The van der Waals surface area contributed by atoms with Crippen molar-refractivity contribution in [3.63, 3.8) is 0 Å². The van der Waals surface area contributed by atoms with E-state index in [2.05, 4.69) is 47.1 Å².